The number of carbonyl (C=O) groups excluding carboxylic acids is 1. The van der Waals surface area contributed by atoms with E-state index in [-0.39, 0.29) is 12.8 Å². The van der Waals surface area contributed by atoms with Crippen molar-refractivity contribution < 1.29 is 23.7 Å². The van der Waals surface area contributed by atoms with Crippen LogP contribution < -0.4 is 24.3 Å². The van der Waals surface area contributed by atoms with E-state index in [1.807, 2.05) is 30.3 Å². The molecular formula is C18H18BrNO5. The highest BCUT2D eigenvalue weighted by Gasteiger charge is 2.20. The normalized spacial score (nSPS) is 13.2. The summed E-state index contributed by atoms with van der Waals surface area (Å²) >= 11 is 3.56. The van der Waals surface area contributed by atoms with Gasteiger partial charge in [0.2, 0.25) is 13.2 Å². The van der Waals surface area contributed by atoms with Gasteiger partial charge in [0.1, 0.15) is 0 Å². The fraction of sp³-hybridized carbons (Fsp3) is 0.278. The van der Waals surface area contributed by atoms with Gasteiger partial charge < -0.3 is 24.3 Å². The van der Waals surface area contributed by atoms with Gasteiger partial charge in [0.25, 0.3) is 0 Å². The molecule has 0 saturated heterocycles. The SMILES string of the molecule is COc1cc(Br)c(C[C@H](NC=O)c2ccc3c(c2)OCO3)cc1OC. The van der Waals surface area contributed by atoms with Crippen molar-refractivity contribution in [2.24, 2.45) is 0 Å². The highest BCUT2D eigenvalue weighted by molar-refractivity contribution is 9.10. The Morgan fingerprint density at radius 3 is 2.60 bits per heavy atom. The molecular weight excluding hydrogens is 390 g/mol. The third-order valence-corrected chi connectivity index (χ3v) is 4.78. The van der Waals surface area contributed by atoms with Gasteiger partial charge in [-0.05, 0) is 41.8 Å². The van der Waals surface area contributed by atoms with Crippen LogP contribution in [0.3, 0.4) is 0 Å². The van der Waals surface area contributed by atoms with Crippen LogP contribution in [0.15, 0.2) is 34.8 Å². The molecule has 0 aliphatic carbocycles. The van der Waals surface area contributed by atoms with E-state index < -0.39 is 0 Å². The Hall–Kier alpha value is -2.41. The molecule has 1 N–H and O–H groups in total. The lowest BCUT2D eigenvalue weighted by Crippen LogP contribution is -2.22. The first-order chi connectivity index (χ1) is 12.2. The molecule has 2 aromatic rings. The minimum Gasteiger partial charge on any atom is -0.493 e. The molecule has 1 atom stereocenters. The third kappa shape index (κ3) is 3.66. The Morgan fingerprint density at radius 2 is 1.88 bits per heavy atom. The Balaban J connectivity index is 1.91. The monoisotopic (exact) mass is 407 g/mol. The quantitative estimate of drug-likeness (QED) is 0.713. The average molecular weight is 408 g/mol. The molecule has 1 aliphatic heterocycles. The second kappa shape index (κ2) is 7.65. The molecule has 1 heterocycles. The van der Waals surface area contributed by atoms with Crippen molar-refractivity contribution in [3.8, 4) is 23.0 Å². The van der Waals surface area contributed by atoms with Crippen molar-refractivity contribution in [3.05, 3.63) is 45.9 Å². The standard InChI is InChI=1S/C18H18BrNO5/c1-22-16-7-12(13(19)8-17(16)23-2)5-14(20-9-21)11-3-4-15-18(6-11)25-10-24-15/h3-4,6-9,14H,5,10H2,1-2H3,(H,20,21)/t14-/m0/s1. The molecule has 0 aromatic heterocycles. The lowest BCUT2D eigenvalue weighted by atomic mass is 9.98. The predicted octanol–water partition coefficient (Wildman–Crippen LogP) is 3.22. The maximum atomic E-state index is 11.1. The molecule has 1 amide bonds. The molecule has 6 nitrogen and oxygen atoms in total. The van der Waals surface area contributed by atoms with E-state index >= 15 is 0 Å². The zero-order valence-electron chi connectivity index (χ0n) is 13.9. The van der Waals surface area contributed by atoms with E-state index in [0.29, 0.717) is 35.8 Å². The van der Waals surface area contributed by atoms with E-state index in [2.05, 4.69) is 21.2 Å². The maximum Gasteiger partial charge on any atom is 0.231 e. The minimum atomic E-state index is -0.221. The zero-order valence-corrected chi connectivity index (χ0v) is 15.5. The van der Waals surface area contributed by atoms with Crippen LogP contribution in [0.25, 0.3) is 0 Å². The fourth-order valence-corrected chi connectivity index (χ4v) is 3.24. The number of carbonyl (C=O) groups is 1. The third-order valence-electron chi connectivity index (χ3n) is 4.04. The van der Waals surface area contributed by atoms with Gasteiger partial charge in [-0.2, -0.15) is 0 Å². The van der Waals surface area contributed by atoms with Crippen LogP contribution in [0.4, 0.5) is 0 Å². The first-order valence-corrected chi connectivity index (χ1v) is 8.45. The average Bonchev–Trinajstić information content (AvgIpc) is 3.10. The van der Waals surface area contributed by atoms with Crippen LogP contribution in [-0.2, 0) is 11.2 Å². The van der Waals surface area contributed by atoms with Crippen LogP contribution in [0, 0.1) is 0 Å². The van der Waals surface area contributed by atoms with Gasteiger partial charge in [-0.15, -0.1) is 0 Å². The number of hydrogen-bond donors (Lipinski definition) is 1. The summed E-state index contributed by atoms with van der Waals surface area (Å²) < 4.78 is 22.3. The Kier molecular flexibility index (Phi) is 5.33. The summed E-state index contributed by atoms with van der Waals surface area (Å²) in [4.78, 5) is 11.1. The summed E-state index contributed by atoms with van der Waals surface area (Å²) in [5.41, 5.74) is 1.91. The molecule has 0 radical (unpaired) electrons. The number of hydrogen-bond acceptors (Lipinski definition) is 5. The summed E-state index contributed by atoms with van der Waals surface area (Å²) in [6, 6.07) is 9.19. The van der Waals surface area contributed by atoms with E-state index in [9.17, 15) is 4.79 Å². The number of nitrogens with one attached hydrogen (secondary N) is 1. The molecule has 2 aromatic carbocycles. The topological polar surface area (TPSA) is 66.0 Å². The minimum absolute atomic E-state index is 0.214. The lowest BCUT2D eigenvalue weighted by Gasteiger charge is -2.19. The molecule has 3 rings (SSSR count). The van der Waals surface area contributed by atoms with Gasteiger partial charge in [0.15, 0.2) is 23.0 Å². The molecule has 0 spiro atoms. The van der Waals surface area contributed by atoms with Crippen molar-refractivity contribution >= 4 is 22.3 Å². The van der Waals surface area contributed by atoms with Gasteiger partial charge in [0.05, 0.1) is 20.3 Å². The van der Waals surface area contributed by atoms with Gasteiger partial charge in [0, 0.05) is 4.47 Å². The Labute approximate surface area is 154 Å². The first kappa shape index (κ1) is 17.4. The smallest absolute Gasteiger partial charge is 0.231 e. The Morgan fingerprint density at radius 1 is 1.16 bits per heavy atom. The predicted molar refractivity (Wildman–Crippen MR) is 95.5 cm³/mol. The highest BCUT2D eigenvalue weighted by atomic mass is 79.9. The van der Waals surface area contributed by atoms with Crippen molar-refractivity contribution in [2.75, 3.05) is 21.0 Å². The molecule has 0 fully saturated rings. The second-order valence-electron chi connectivity index (χ2n) is 5.45. The highest BCUT2D eigenvalue weighted by Crippen LogP contribution is 2.37. The Bertz CT molecular complexity index is 780. The maximum absolute atomic E-state index is 11.1. The van der Waals surface area contributed by atoms with E-state index in [1.165, 1.54) is 0 Å². The van der Waals surface area contributed by atoms with E-state index in [0.717, 1.165) is 15.6 Å². The lowest BCUT2D eigenvalue weighted by molar-refractivity contribution is -0.110. The van der Waals surface area contributed by atoms with Crippen molar-refractivity contribution in [1.29, 1.82) is 0 Å². The summed E-state index contributed by atoms with van der Waals surface area (Å²) in [6.07, 6.45) is 1.27. The molecule has 132 valence electrons. The zero-order chi connectivity index (χ0) is 17.8. The first-order valence-electron chi connectivity index (χ1n) is 7.66. The van der Waals surface area contributed by atoms with E-state index in [4.69, 9.17) is 18.9 Å². The summed E-state index contributed by atoms with van der Waals surface area (Å²) in [5.74, 6) is 2.67. The number of methoxy groups -OCH3 is 2. The van der Waals surface area contributed by atoms with Gasteiger partial charge in [-0.1, -0.05) is 22.0 Å². The molecule has 0 bridgehead atoms. The fourth-order valence-electron chi connectivity index (χ4n) is 2.76. The number of halogens is 1. The van der Waals surface area contributed by atoms with Gasteiger partial charge >= 0.3 is 0 Å². The molecule has 0 saturated carbocycles. The number of rotatable bonds is 7. The largest absolute Gasteiger partial charge is 0.493 e. The molecule has 1 aliphatic rings. The molecule has 7 heteroatoms. The van der Waals surface area contributed by atoms with Crippen LogP contribution in [0.5, 0.6) is 23.0 Å². The van der Waals surface area contributed by atoms with Crippen molar-refractivity contribution in [3.63, 3.8) is 0 Å². The van der Waals surface area contributed by atoms with Gasteiger partial charge in [-0.25, -0.2) is 0 Å². The number of benzene rings is 2. The second-order valence-corrected chi connectivity index (χ2v) is 6.31. The van der Waals surface area contributed by atoms with Crippen molar-refractivity contribution in [2.45, 2.75) is 12.5 Å². The van der Waals surface area contributed by atoms with Gasteiger partial charge in [-0.3, -0.25) is 4.79 Å². The number of amides is 1. The summed E-state index contributed by atoms with van der Waals surface area (Å²) in [5, 5.41) is 2.86. The molecule has 25 heavy (non-hydrogen) atoms. The van der Waals surface area contributed by atoms with Crippen LogP contribution in [0.2, 0.25) is 0 Å². The number of ether oxygens (including phenoxy) is 4. The van der Waals surface area contributed by atoms with E-state index in [1.54, 1.807) is 14.2 Å². The van der Waals surface area contributed by atoms with Crippen molar-refractivity contribution in [1.82, 2.24) is 5.32 Å². The van der Waals surface area contributed by atoms with Crippen LogP contribution >= 0.6 is 15.9 Å². The summed E-state index contributed by atoms with van der Waals surface area (Å²) in [7, 11) is 3.18. The van der Waals surface area contributed by atoms with Crippen LogP contribution in [0.1, 0.15) is 17.2 Å². The number of fused-ring (bicyclic) bond motifs is 1. The summed E-state index contributed by atoms with van der Waals surface area (Å²) in [6.45, 7) is 0.214. The van der Waals surface area contributed by atoms with Crippen LogP contribution in [-0.4, -0.2) is 27.4 Å². The molecule has 0 unspecified atom stereocenters.